The average molecular weight is 174 g/mol. The molecule has 0 bridgehead atoms. The maximum absolute atomic E-state index is 12.4. The fraction of sp³-hybridized carbons (Fsp3) is 0. The van der Waals surface area contributed by atoms with E-state index in [1.807, 2.05) is 0 Å². The van der Waals surface area contributed by atoms with Gasteiger partial charge in [-0.25, -0.2) is 5.10 Å². The van der Waals surface area contributed by atoms with Gasteiger partial charge in [-0.05, 0) is 0 Å². The van der Waals surface area contributed by atoms with Crippen molar-refractivity contribution in [3.8, 4) is 0 Å². The van der Waals surface area contributed by atoms with Crippen LogP contribution in [0.15, 0.2) is 0 Å². The molecule has 2 aromatic rings. The Balaban J connectivity index is 2.91. The van der Waals surface area contributed by atoms with Crippen molar-refractivity contribution in [3.63, 3.8) is 0 Å². The van der Waals surface area contributed by atoms with Crippen molar-refractivity contribution in [2.75, 3.05) is 0 Å². The molecule has 0 fully saturated rings. The van der Waals surface area contributed by atoms with Crippen LogP contribution in [0.25, 0.3) is 11.2 Å². The summed E-state index contributed by atoms with van der Waals surface area (Å²) in [7, 11) is 0. The summed E-state index contributed by atoms with van der Waals surface area (Å²) >= 11 is 5.49. The summed E-state index contributed by atoms with van der Waals surface area (Å²) < 4.78 is 12.4. The molecule has 0 atom stereocenters. The average Bonchev–Trinajstić information content (AvgIpc) is 2.34. The van der Waals surface area contributed by atoms with Crippen LogP contribution in [0.1, 0.15) is 0 Å². The summed E-state index contributed by atoms with van der Waals surface area (Å²) in [5.74, 6) is 0. The van der Waals surface area contributed by atoms with Crippen molar-refractivity contribution in [1.82, 2.24) is 25.4 Å². The quantitative estimate of drug-likeness (QED) is 0.466. The minimum atomic E-state index is -0.895. The van der Waals surface area contributed by atoms with Crippen LogP contribution in [0.5, 0.6) is 0 Å². The molecule has 0 amide bonds. The number of aromatic nitrogens is 5. The molecule has 0 aliphatic carbocycles. The lowest BCUT2D eigenvalue weighted by Gasteiger charge is -1.88. The first-order valence-electron chi connectivity index (χ1n) is 2.67. The first-order chi connectivity index (χ1) is 5.27. The Hall–Kier alpha value is -1.30. The van der Waals surface area contributed by atoms with Crippen LogP contribution in [0.3, 0.4) is 0 Å². The molecule has 0 radical (unpaired) electrons. The Labute approximate surface area is 64.6 Å². The molecule has 1 N–H and O–H groups in total. The van der Waals surface area contributed by atoms with E-state index in [0.717, 1.165) is 0 Å². The molecule has 7 heteroatoms. The van der Waals surface area contributed by atoms with Crippen LogP contribution in [0.2, 0.25) is 5.15 Å². The number of fused-ring (bicyclic) bond motifs is 1. The Kier molecular flexibility index (Phi) is 1.22. The second kappa shape index (κ2) is 2.09. The van der Waals surface area contributed by atoms with E-state index in [9.17, 15) is 4.39 Å². The van der Waals surface area contributed by atoms with Crippen LogP contribution in [-0.4, -0.2) is 25.4 Å². The van der Waals surface area contributed by atoms with Crippen LogP contribution < -0.4 is 0 Å². The van der Waals surface area contributed by atoms with Crippen LogP contribution >= 0.6 is 11.6 Å². The van der Waals surface area contributed by atoms with Gasteiger partial charge in [-0.15, -0.1) is 5.10 Å². The number of nitrogens with one attached hydrogen (secondary N) is 1. The number of nitrogens with zero attached hydrogens (tertiary/aromatic N) is 4. The molecular formula is C4HClFN5. The van der Waals surface area contributed by atoms with Gasteiger partial charge in [0, 0.05) is 0 Å². The summed E-state index contributed by atoms with van der Waals surface area (Å²) in [5.41, 5.74) is 0.468. The first kappa shape index (κ1) is 6.41. The van der Waals surface area contributed by atoms with Crippen LogP contribution in [0, 0.1) is 6.08 Å². The molecule has 2 rings (SSSR count). The van der Waals surface area contributed by atoms with Gasteiger partial charge in [0.1, 0.15) is 0 Å². The second-order valence-electron chi connectivity index (χ2n) is 1.79. The number of hydrogen-bond donors (Lipinski definition) is 1. The van der Waals surface area contributed by atoms with Crippen molar-refractivity contribution >= 4 is 22.8 Å². The molecule has 5 nitrogen and oxygen atoms in total. The standard InChI is InChI=1S/C4HClFN5/c5-2-1-3(10-11-9-1)8-4(6)7-2/h(H,7,8,9,10,11). The van der Waals surface area contributed by atoms with E-state index in [2.05, 4.69) is 25.4 Å². The highest BCUT2D eigenvalue weighted by atomic mass is 35.5. The van der Waals surface area contributed by atoms with Crippen molar-refractivity contribution in [2.45, 2.75) is 0 Å². The third-order valence-corrected chi connectivity index (χ3v) is 1.38. The van der Waals surface area contributed by atoms with Gasteiger partial charge in [0.15, 0.2) is 16.3 Å². The highest BCUT2D eigenvalue weighted by Crippen LogP contribution is 2.13. The Morgan fingerprint density at radius 1 is 1.36 bits per heavy atom. The summed E-state index contributed by atoms with van der Waals surface area (Å²) in [6.07, 6.45) is -0.895. The van der Waals surface area contributed by atoms with E-state index in [-0.39, 0.29) is 16.3 Å². The maximum atomic E-state index is 12.4. The summed E-state index contributed by atoms with van der Waals surface area (Å²) in [4.78, 5) is 6.59. The number of rotatable bonds is 0. The van der Waals surface area contributed by atoms with Crippen molar-refractivity contribution in [1.29, 1.82) is 0 Å². The molecule has 0 saturated heterocycles. The highest BCUT2D eigenvalue weighted by Gasteiger charge is 2.07. The van der Waals surface area contributed by atoms with E-state index in [4.69, 9.17) is 11.6 Å². The number of hydrogen-bond acceptors (Lipinski definition) is 4. The highest BCUT2D eigenvalue weighted by molar-refractivity contribution is 6.33. The van der Waals surface area contributed by atoms with Gasteiger partial charge in [0.2, 0.25) is 0 Å². The van der Waals surface area contributed by atoms with Crippen molar-refractivity contribution in [3.05, 3.63) is 11.2 Å². The van der Waals surface area contributed by atoms with E-state index >= 15 is 0 Å². The molecule has 11 heavy (non-hydrogen) atoms. The predicted octanol–water partition coefficient (Wildman–Crippen LogP) is 0.540. The molecule has 2 heterocycles. The van der Waals surface area contributed by atoms with E-state index in [1.165, 1.54) is 0 Å². The summed E-state index contributed by atoms with van der Waals surface area (Å²) in [6, 6.07) is 0. The number of halogens is 2. The normalized spacial score (nSPS) is 10.7. The Morgan fingerprint density at radius 2 is 2.18 bits per heavy atom. The zero-order valence-corrected chi connectivity index (χ0v) is 5.80. The zero-order valence-electron chi connectivity index (χ0n) is 5.04. The van der Waals surface area contributed by atoms with E-state index in [0.29, 0.717) is 0 Å². The number of aromatic amines is 1. The fourth-order valence-corrected chi connectivity index (χ4v) is 0.888. The molecule has 56 valence electrons. The lowest BCUT2D eigenvalue weighted by molar-refractivity contribution is 0.544. The summed E-state index contributed by atoms with van der Waals surface area (Å²) in [6.45, 7) is 0. The van der Waals surface area contributed by atoms with Gasteiger partial charge >= 0.3 is 6.08 Å². The smallest absolute Gasteiger partial charge is 0.240 e. The molecule has 0 saturated carbocycles. The molecule has 0 aliphatic rings. The predicted molar refractivity (Wildman–Crippen MR) is 34.4 cm³/mol. The third kappa shape index (κ3) is 0.911. The van der Waals surface area contributed by atoms with Crippen molar-refractivity contribution < 1.29 is 4.39 Å². The Bertz CT molecular complexity index is 398. The molecular weight excluding hydrogens is 173 g/mol. The van der Waals surface area contributed by atoms with Gasteiger partial charge in [-0.3, -0.25) is 0 Å². The second-order valence-corrected chi connectivity index (χ2v) is 2.15. The molecule has 0 aromatic carbocycles. The first-order valence-corrected chi connectivity index (χ1v) is 3.05. The monoisotopic (exact) mass is 173 g/mol. The molecule has 2 aromatic heterocycles. The summed E-state index contributed by atoms with van der Waals surface area (Å²) in [5, 5.41) is 9.23. The minimum Gasteiger partial charge on any atom is -0.240 e. The minimum absolute atomic E-state index is 0.0405. The fourth-order valence-electron chi connectivity index (χ4n) is 0.691. The van der Waals surface area contributed by atoms with Gasteiger partial charge in [-0.1, -0.05) is 16.8 Å². The molecule has 0 aliphatic heterocycles. The number of H-pyrrole nitrogens is 1. The SMILES string of the molecule is Fc1nc(Cl)c2nn[nH]c2n1. The van der Waals surface area contributed by atoms with E-state index in [1.54, 1.807) is 0 Å². The van der Waals surface area contributed by atoms with Gasteiger partial charge in [0.25, 0.3) is 0 Å². The Morgan fingerprint density at radius 3 is 3.00 bits per heavy atom. The zero-order chi connectivity index (χ0) is 7.84. The van der Waals surface area contributed by atoms with E-state index < -0.39 is 6.08 Å². The van der Waals surface area contributed by atoms with Crippen molar-refractivity contribution in [2.24, 2.45) is 0 Å². The molecule has 0 unspecified atom stereocenters. The van der Waals surface area contributed by atoms with Gasteiger partial charge in [0.05, 0.1) is 0 Å². The maximum Gasteiger partial charge on any atom is 0.312 e. The largest absolute Gasteiger partial charge is 0.312 e. The molecule has 0 spiro atoms. The van der Waals surface area contributed by atoms with Gasteiger partial charge in [-0.2, -0.15) is 14.4 Å². The van der Waals surface area contributed by atoms with Gasteiger partial charge < -0.3 is 0 Å². The third-order valence-electron chi connectivity index (χ3n) is 1.12. The van der Waals surface area contributed by atoms with Crippen LogP contribution in [-0.2, 0) is 0 Å². The topological polar surface area (TPSA) is 67.3 Å². The lowest BCUT2D eigenvalue weighted by Crippen LogP contribution is -1.90. The lowest BCUT2D eigenvalue weighted by atomic mass is 10.6. The van der Waals surface area contributed by atoms with Crippen LogP contribution in [0.4, 0.5) is 4.39 Å².